The largest absolute Gasteiger partial charge is 0.461 e. The molecule has 0 bridgehead atoms. The second-order valence-corrected chi connectivity index (χ2v) is 13.0. The topological polar surface area (TPSA) is 21.7 Å². The highest BCUT2D eigenvalue weighted by Crippen LogP contribution is 2.37. The molecule has 1 atom stereocenters. The third-order valence-corrected chi connectivity index (χ3v) is 9.40. The molecule has 0 fully saturated rings. The Morgan fingerprint density at radius 2 is 1.96 bits per heavy atom. The smallest absolute Gasteiger partial charge is 0.191 e. The van der Waals surface area contributed by atoms with Gasteiger partial charge >= 0.3 is 0 Å². The molecule has 4 heteroatoms. The maximum absolute atomic E-state index is 6.37. The van der Waals surface area contributed by atoms with Crippen LogP contribution in [0.4, 0.5) is 5.69 Å². The Labute approximate surface area is 142 Å². The molecule has 1 aromatic carbocycles. The van der Waals surface area contributed by atoms with Crippen molar-refractivity contribution in [3.05, 3.63) is 36.2 Å². The molecule has 128 valence electrons. The van der Waals surface area contributed by atoms with E-state index in [2.05, 4.69) is 64.7 Å². The zero-order chi connectivity index (χ0) is 17.3. The molecule has 0 radical (unpaired) electrons. The quantitative estimate of drug-likeness (QED) is 0.680. The number of anilines is 1. The second-order valence-electron chi connectivity index (χ2n) is 8.20. The molecule has 23 heavy (non-hydrogen) atoms. The molecule has 0 aromatic heterocycles. The number of rotatable bonds is 5. The number of benzene rings is 1. The third kappa shape index (κ3) is 4.39. The van der Waals surface area contributed by atoms with Gasteiger partial charge < -0.3 is 14.1 Å². The monoisotopic (exact) mass is 333 g/mol. The van der Waals surface area contributed by atoms with Crippen molar-refractivity contribution in [2.45, 2.75) is 52.8 Å². The summed E-state index contributed by atoms with van der Waals surface area (Å²) in [5.41, 5.74) is 2.39. The van der Waals surface area contributed by atoms with E-state index in [1.54, 1.807) is 6.26 Å². The standard InChI is InChI=1S/C19H31NO2Si/c1-15-8-9-18-17(12-15)20(10-11-21-18)13-16(2)14-22-23(6,7)19(3,4)5/h8-12,16H,13-14H2,1-7H3/t16-/m0/s1. The van der Waals surface area contributed by atoms with Crippen molar-refractivity contribution in [2.24, 2.45) is 5.92 Å². The van der Waals surface area contributed by atoms with Crippen LogP contribution >= 0.6 is 0 Å². The van der Waals surface area contributed by atoms with Crippen LogP contribution in [0.25, 0.3) is 0 Å². The predicted octanol–water partition coefficient (Wildman–Crippen LogP) is 5.32. The SMILES string of the molecule is Cc1ccc2c(c1)N(C[C@H](C)CO[Si](C)(C)C(C)(C)C)C=CO2. The second kappa shape index (κ2) is 6.69. The van der Waals surface area contributed by atoms with E-state index in [0.29, 0.717) is 5.92 Å². The van der Waals surface area contributed by atoms with E-state index in [-0.39, 0.29) is 5.04 Å². The van der Waals surface area contributed by atoms with Crippen molar-refractivity contribution >= 4 is 14.0 Å². The van der Waals surface area contributed by atoms with Gasteiger partial charge in [-0.3, -0.25) is 0 Å². The minimum Gasteiger partial charge on any atom is -0.461 e. The molecule has 0 unspecified atom stereocenters. The Morgan fingerprint density at radius 3 is 2.61 bits per heavy atom. The molecule has 0 saturated carbocycles. The van der Waals surface area contributed by atoms with Crippen molar-refractivity contribution in [1.82, 2.24) is 0 Å². The summed E-state index contributed by atoms with van der Waals surface area (Å²) in [6, 6.07) is 6.30. The van der Waals surface area contributed by atoms with Gasteiger partial charge in [-0.15, -0.1) is 0 Å². The molecule has 3 nitrogen and oxygen atoms in total. The molecule has 2 rings (SSSR count). The minimum atomic E-state index is -1.68. The zero-order valence-electron chi connectivity index (χ0n) is 15.6. The molecule has 0 amide bonds. The first kappa shape index (κ1) is 18.1. The van der Waals surface area contributed by atoms with Gasteiger partial charge in [0.05, 0.1) is 5.69 Å². The molecule has 0 N–H and O–H groups in total. The Hall–Kier alpha value is -1.26. The van der Waals surface area contributed by atoms with Crippen LogP contribution in [0.15, 0.2) is 30.7 Å². The predicted molar refractivity (Wildman–Crippen MR) is 101 cm³/mol. The van der Waals surface area contributed by atoms with E-state index >= 15 is 0 Å². The Kier molecular flexibility index (Phi) is 5.26. The Bertz CT molecular complexity index is 575. The zero-order valence-corrected chi connectivity index (χ0v) is 16.6. The van der Waals surface area contributed by atoms with Gasteiger partial charge in [0.25, 0.3) is 0 Å². The maximum Gasteiger partial charge on any atom is 0.191 e. The van der Waals surface area contributed by atoms with Crippen LogP contribution in [0.2, 0.25) is 18.1 Å². The van der Waals surface area contributed by atoms with Crippen molar-refractivity contribution < 1.29 is 9.16 Å². The first-order valence-corrected chi connectivity index (χ1v) is 11.4. The first-order valence-electron chi connectivity index (χ1n) is 8.45. The van der Waals surface area contributed by atoms with Crippen LogP contribution in [0, 0.1) is 12.8 Å². The summed E-state index contributed by atoms with van der Waals surface area (Å²) in [4.78, 5) is 2.27. The number of ether oxygens (including phenoxy) is 1. The Morgan fingerprint density at radius 1 is 1.26 bits per heavy atom. The van der Waals surface area contributed by atoms with Gasteiger partial charge in [-0.2, -0.15) is 0 Å². The fourth-order valence-corrected chi connectivity index (χ4v) is 3.46. The van der Waals surface area contributed by atoms with E-state index in [4.69, 9.17) is 9.16 Å². The third-order valence-electron chi connectivity index (χ3n) is 4.90. The van der Waals surface area contributed by atoms with E-state index in [1.807, 2.05) is 12.3 Å². The molecule has 0 aliphatic carbocycles. The van der Waals surface area contributed by atoms with Crippen LogP contribution < -0.4 is 9.64 Å². The molecular weight excluding hydrogens is 302 g/mol. The van der Waals surface area contributed by atoms with Crippen molar-refractivity contribution in [2.75, 3.05) is 18.1 Å². The molecule has 1 heterocycles. The summed E-state index contributed by atoms with van der Waals surface area (Å²) < 4.78 is 12.0. The van der Waals surface area contributed by atoms with Gasteiger partial charge in [-0.1, -0.05) is 33.8 Å². The molecule has 1 aromatic rings. The lowest BCUT2D eigenvalue weighted by Gasteiger charge is -2.37. The number of fused-ring (bicyclic) bond motifs is 1. The van der Waals surface area contributed by atoms with Gasteiger partial charge in [0, 0.05) is 19.4 Å². The van der Waals surface area contributed by atoms with Crippen LogP contribution in [0.1, 0.15) is 33.3 Å². The van der Waals surface area contributed by atoms with Crippen molar-refractivity contribution in [1.29, 1.82) is 0 Å². The lowest BCUT2D eigenvalue weighted by molar-refractivity contribution is 0.240. The molecule has 1 aliphatic heterocycles. The fourth-order valence-electron chi connectivity index (χ4n) is 2.32. The minimum absolute atomic E-state index is 0.259. The highest BCUT2D eigenvalue weighted by Gasteiger charge is 2.37. The van der Waals surface area contributed by atoms with Gasteiger partial charge in [0.15, 0.2) is 8.32 Å². The van der Waals surface area contributed by atoms with Crippen molar-refractivity contribution in [3.63, 3.8) is 0 Å². The van der Waals surface area contributed by atoms with Crippen molar-refractivity contribution in [3.8, 4) is 5.75 Å². The summed E-state index contributed by atoms with van der Waals surface area (Å²) in [5.74, 6) is 1.39. The van der Waals surface area contributed by atoms with E-state index in [1.165, 1.54) is 5.56 Å². The van der Waals surface area contributed by atoms with E-state index in [9.17, 15) is 0 Å². The molecular formula is C19H31NO2Si. The van der Waals surface area contributed by atoms with E-state index in [0.717, 1.165) is 24.6 Å². The highest BCUT2D eigenvalue weighted by molar-refractivity contribution is 6.74. The number of nitrogens with zero attached hydrogens (tertiary/aromatic N) is 1. The molecule has 1 aliphatic rings. The van der Waals surface area contributed by atoms with E-state index < -0.39 is 8.32 Å². The Balaban J connectivity index is 1.99. The average Bonchev–Trinajstić information content (AvgIpc) is 2.45. The van der Waals surface area contributed by atoms with Crippen LogP contribution in [0.5, 0.6) is 5.75 Å². The number of hydrogen-bond acceptors (Lipinski definition) is 3. The average molecular weight is 334 g/mol. The number of hydrogen-bond donors (Lipinski definition) is 0. The summed E-state index contributed by atoms with van der Waals surface area (Å²) in [6.07, 6.45) is 3.78. The van der Waals surface area contributed by atoms with Crippen LogP contribution in [0.3, 0.4) is 0 Å². The summed E-state index contributed by atoms with van der Waals surface area (Å²) in [7, 11) is -1.68. The fraction of sp³-hybridized carbons (Fsp3) is 0.579. The summed E-state index contributed by atoms with van der Waals surface area (Å²) in [6.45, 7) is 17.6. The summed E-state index contributed by atoms with van der Waals surface area (Å²) >= 11 is 0. The van der Waals surface area contributed by atoms with Gasteiger partial charge in [0.1, 0.15) is 12.0 Å². The summed E-state index contributed by atoms with van der Waals surface area (Å²) in [5, 5.41) is 0.259. The highest BCUT2D eigenvalue weighted by atomic mass is 28.4. The normalized spacial score (nSPS) is 16.0. The van der Waals surface area contributed by atoms with Gasteiger partial charge in [0.2, 0.25) is 0 Å². The van der Waals surface area contributed by atoms with Gasteiger partial charge in [-0.05, 0) is 48.7 Å². The lowest BCUT2D eigenvalue weighted by atomic mass is 10.1. The number of aryl methyl sites for hydroxylation is 1. The van der Waals surface area contributed by atoms with Gasteiger partial charge in [-0.25, -0.2) is 0 Å². The van der Waals surface area contributed by atoms with Crippen LogP contribution in [-0.4, -0.2) is 21.5 Å². The van der Waals surface area contributed by atoms with Crippen LogP contribution in [-0.2, 0) is 4.43 Å². The maximum atomic E-state index is 6.37. The molecule has 0 saturated heterocycles. The molecule has 0 spiro atoms. The first-order chi connectivity index (χ1) is 10.6. The lowest BCUT2D eigenvalue weighted by Crippen LogP contribution is -2.42.